The minimum Gasteiger partial charge on any atom is -0.444 e. The van der Waals surface area contributed by atoms with E-state index in [-0.39, 0.29) is 18.0 Å². The molecule has 30 heavy (non-hydrogen) atoms. The van der Waals surface area contributed by atoms with E-state index in [1.54, 1.807) is 29.5 Å². The summed E-state index contributed by atoms with van der Waals surface area (Å²) in [6.07, 6.45) is 3.34. The molecule has 1 aliphatic rings. The number of piperidine rings is 1. The van der Waals surface area contributed by atoms with Crippen LogP contribution in [0.1, 0.15) is 33.6 Å². The van der Waals surface area contributed by atoms with Crippen LogP contribution in [0.5, 0.6) is 0 Å². The Hall–Kier alpha value is -2.61. The monoisotopic (exact) mass is 430 g/mol. The number of likely N-dealkylation sites (tertiary alicyclic amines) is 1. The molecule has 8 heteroatoms. The van der Waals surface area contributed by atoms with Crippen molar-refractivity contribution in [3.63, 3.8) is 0 Å². The van der Waals surface area contributed by atoms with Crippen LogP contribution >= 0.6 is 11.3 Å². The lowest BCUT2D eigenvalue weighted by Gasteiger charge is -2.35. The van der Waals surface area contributed by atoms with E-state index < -0.39 is 5.60 Å². The third-order valence-corrected chi connectivity index (χ3v) is 5.66. The molecular weight excluding hydrogens is 400 g/mol. The fourth-order valence-electron chi connectivity index (χ4n) is 3.50. The maximum atomic E-state index is 12.8. The number of thiazole rings is 1. The van der Waals surface area contributed by atoms with Crippen LogP contribution in [0.4, 0.5) is 15.3 Å². The van der Waals surface area contributed by atoms with Gasteiger partial charge in [-0.05, 0) is 51.7 Å². The molecular formula is C22H30N4O3S. The van der Waals surface area contributed by atoms with Gasteiger partial charge in [0, 0.05) is 49.5 Å². The van der Waals surface area contributed by atoms with Gasteiger partial charge in [0.2, 0.25) is 0 Å². The predicted octanol–water partition coefficient (Wildman–Crippen LogP) is 4.92. The topological polar surface area (TPSA) is 74.8 Å². The van der Waals surface area contributed by atoms with Crippen molar-refractivity contribution in [1.82, 2.24) is 14.8 Å². The Labute approximate surface area is 182 Å². The van der Waals surface area contributed by atoms with Crippen molar-refractivity contribution in [3.05, 3.63) is 35.8 Å². The van der Waals surface area contributed by atoms with Crippen molar-refractivity contribution in [2.24, 2.45) is 5.92 Å². The average molecular weight is 431 g/mol. The molecule has 1 aromatic carbocycles. The van der Waals surface area contributed by atoms with E-state index in [4.69, 9.17) is 4.74 Å². The minimum absolute atomic E-state index is 0.115. The van der Waals surface area contributed by atoms with Gasteiger partial charge in [-0.3, -0.25) is 0 Å². The van der Waals surface area contributed by atoms with Gasteiger partial charge >= 0.3 is 12.1 Å². The largest absolute Gasteiger partial charge is 0.444 e. The number of urea groups is 1. The normalized spacial score (nSPS) is 16.8. The molecule has 3 amide bonds. The molecule has 1 aromatic heterocycles. The first-order valence-corrected chi connectivity index (χ1v) is 11.1. The van der Waals surface area contributed by atoms with E-state index in [0.29, 0.717) is 19.6 Å². The first-order valence-electron chi connectivity index (χ1n) is 10.2. The maximum absolute atomic E-state index is 12.8. The van der Waals surface area contributed by atoms with E-state index >= 15 is 0 Å². The molecule has 7 nitrogen and oxygen atoms in total. The van der Waals surface area contributed by atoms with E-state index in [2.05, 4.69) is 10.3 Å². The van der Waals surface area contributed by atoms with Crippen molar-refractivity contribution in [2.75, 3.05) is 32.0 Å². The Morgan fingerprint density at radius 2 is 2.17 bits per heavy atom. The molecule has 162 valence electrons. The summed E-state index contributed by atoms with van der Waals surface area (Å²) in [4.78, 5) is 32.8. The van der Waals surface area contributed by atoms with Gasteiger partial charge in [0.05, 0.1) is 0 Å². The maximum Gasteiger partial charge on any atom is 0.410 e. The molecule has 1 atom stereocenters. The second-order valence-corrected chi connectivity index (χ2v) is 9.56. The van der Waals surface area contributed by atoms with Gasteiger partial charge in [0.1, 0.15) is 10.6 Å². The molecule has 2 aromatic rings. The summed E-state index contributed by atoms with van der Waals surface area (Å²) in [5.41, 5.74) is 1.22. The average Bonchev–Trinajstić information content (AvgIpc) is 3.22. The zero-order valence-electron chi connectivity index (χ0n) is 18.1. The number of hydrogen-bond donors (Lipinski definition) is 1. The first kappa shape index (κ1) is 22.1. The number of benzene rings is 1. The first-order chi connectivity index (χ1) is 14.2. The van der Waals surface area contributed by atoms with Crippen molar-refractivity contribution < 1.29 is 14.3 Å². The zero-order valence-corrected chi connectivity index (χ0v) is 18.9. The standard InChI is InChI=1S/C22H30N4O3S/c1-22(2,3)29-21(28)25(4)14-16-7-6-11-26(15-16)20(27)24-18-9-5-8-17(13-18)19-23-10-12-30-19/h5,8-10,12-13,16H,6-7,11,14-15H2,1-4H3,(H,24,27). The Bertz CT molecular complexity index is 864. The summed E-state index contributed by atoms with van der Waals surface area (Å²) in [5, 5.41) is 5.86. The Morgan fingerprint density at radius 3 is 2.87 bits per heavy atom. The lowest BCUT2D eigenvalue weighted by Crippen LogP contribution is -2.46. The van der Waals surface area contributed by atoms with Crippen LogP contribution in [-0.2, 0) is 4.74 Å². The van der Waals surface area contributed by atoms with Crippen molar-refractivity contribution >= 4 is 29.1 Å². The number of hydrogen-bond acceptors (Lipinski definition) is 5. The molecule has 1 N–H and O–H groups in total. The third kappa shape index (κ3) is 6.19. The molecule has 0 radical (unpaired) electrons. The van der Waals surface area contributed by atoms with E-state index in [1.807, 2.05) is 55.3 Å². The second kappa shape index (κ2) is 9.47. The number of nitrogens with zero attached hydrogens (tertiary/aromatic N) is 3. The molecule has 0 spiro atoms. The summed E-state index contributed by atoms with van der Waals surface area (Å²) in [6.45, 7) is 7.47. The number of nitrogens with one attached hydrogen (secondary N) is 1. The van der Waals surface area contributed by atoms with Crippen LogP contribution < -0.4 is 5.32 Å². The van der Waals surface area contributed by atoms with Crippen LogP contribution in [0.3, 0.4) is 0 Å². The SMILES string of the molecule is CN(CC1CCCN(C(=O)Nc2cccc(-c3nccs3)c2)C1)C(=O)OC(C)(C)C. The zero-order chi connectivity index (χ0) is 21.7. The van der Waals surface area contributed by atoms with Crippen LogP contribution in [0.15, 0.2) is 35.8 Å². The minimum atomic E-state index is -0.517. The number of aromatic nitrogens is 1. The summed E-state index contributed by atoms with van der Waals surface area (Å²) in [5.74, 6) is 0.226. The highest BCUT2D eigenvalue weighted by Crippen LogP contribution is 2.25. The van der Waals surface area contributed by atoms with Crippen molar-refractivity contribution in [2.45, 2.75) is 39.2 Å². The highest BCUT2D eigenvalue weighted by Gasteiger charge is 2.27. The van der Waals surface area contributed by atoms with Gasteiger partial charge in [-0.25, -0.2) is 14.6 Å². The van der Waals surface area contributed by atoms with Gasteiger partial charge in [0.15, 0.2) is 0 Å². The van der Waals surface area contributed by atoms with Crippen LogP contribution in [0.25, 0.3) is 10.6 Å². The molecule has 3 rings (SSSR count). The molecule has 1 saturated heterocycles. The molecule has 0 aliphatic carbocycles. The van der Waals surface area contributed by atoms with Crippen LogP contribution in [-0.4, -0.2) is 59.2 Å². The summed E-state index contributed by atoms with van der Waals surface area (Å²) in [7, 11) is 1.75. The molecule has 0 bridgehead atoms. The summed E-state index contributed by atoms with van der Waals surface area (Å²) >= 11 is 1.57. The van der Waals surface area contributed by atoms with Gasteiger partial charge in [-0.1, -0.05) is 12.1 Å². The quantitative estimate of drug-likeness (QED) is 0.747. The van der Waals surface area contributed by atoms with Crippen LogP contribution in [0, 0.1) is 5.92 Å². The molecule has 1 aliphatic heterocycles. The second-order valence-electron chi connectivity index (χ2n) is 8.66. The van der Waals surface area contributed by atoms with Gasteiger partial charge < -0.3 is 19.9 Å². The number of carbonyl (C=O) groups is 2. The fourth-order valence-corrected chi connectivity index (χ4v) is 4.13. The molecule has 2 heterocycles. The van der Waals surface area contributed by atoms with Gasteiger partial charge in [0.25, 0.3) is 0 Å². The third-order valence-electron chi connectivity index (χ3n) is 4.84. The summed E-state index contributed by atoms with van der Waals surface area (Å²) in [6, 6.07) is 7.61. The number of rotatable bonds is 4. The fraction of sp³-hybridized carbons (Fsp3) is 0.500. The molecule has 1 unspecified atom stereocenters. The number of ether oxygens (including phenoxy) is 1. The predicted molar refractivity (Wildman–Crippen MR) is 120 cm³/mol. The number of carbonyl (C=O) groups excluding carboxylic acids is 2. The number of anilines is 1. The summed E-state index contributed by atoms with van der Waals surface area (Å²) < 4.78 is 5.43. The van der Waals surface area contributed by atoms with E-state index in [9.17, 15) is 9.59 Å². The van der Waals surface area contributed by atoms with Gasteiger partial charge in [-0.2, -0.15) is 0 Å². The highest BCUT2D eigenvalue weighted by molar-refractivity contribution is 7.13. The Balaban J connectivity index is 1.56. The molecule has 1 fully saturated rings. The lowest BCUT2D eigenvalue weighted by molar-refractivity contribution is 0.0253. The molecule has 0 saturated carbocycles. The van der Waals surface area contributed by atoms with E-state index in [1.165, 1.54) is 0 Å². The Kier molecular flexibility index (Phi) is 6.97. The van der Waals surface area contributed by atoms with Crippen molar-refractivity contribution in [3.8, 4) is 10.6 Å². The van der Waals surface area contributed by atoms with Crippen LogP contribution in [0.2, 0.25) is 0 Å². The number of amides is 3. The van der Waals surface area contributed by atoms with Gasteiger partial charge in [-0.15, -0.1) is 11.3 Å². The smallest absolute Gasteiger partial charge is 0.410 e. The highest BCUT2D eigenvalue weighted by atomic mass is 32.1. The lowest BCUT2D eigenvalue weighted by atomic mass is 9.98. The van der Waals surface area contributed by atoms with E-state index in [0.717, 1.165) is 29.1 Å². The Morgan fingerprint density at radius 1 is 1.37 bits per heavy atom. The van der Waals surface area contributed by atoms with Crippen molar-refractivity contribution in [1.29, 1.82) is 0 Å².